The van der Waals surface area contributed by atoms with E-state index < -0.39 is 0 Å². The smallest absolute Gasteiger partial charge is 0.0255 e. The molecule has 0 spiro atoms. The summed E-state index contributed by atoms with van der Waals surface area (Å²) in [6, 6.07) is 37.2. The second-order valence-electron chi connectivity index (χ2n) is 6.39. The molecular formula is C28H18. The Balaban J connectivity index is 1.43. The van der Waals surface area contributed by atoms with Gasteiger partial charge in [0, 0.05) is 11.1 Å². The van der Waals surface area contributed by atoms with Crippen molar-refractivity contribution in [1.29, 1.82) is 0 Å². The molecule has 0 nitrogen and oxygen atoms in total. The average molecular weight is 354 g/mol. The predicted molar refractivity (Wildman–Crippen MR) is 118 cm³/mol. The molecule has 0 aliphatic carbocycles. The van der Waals surface area contributed by atoms with Gasteiger partial charge in [-0.1, -0.05) is 96.8 Å². The van der Waals surface area contributed by atoms with Crippen LogP contribution in [-0.2, 0) is 0 Å². The zero-order valence-electron chi connectivity index (χ0n) is 15.4. The first-order chi connectivity index (χ1) is 13.9. The number of rotatable bonds is 2. The maximum absolute atomic E-state index is 3.11. The Labute approximate surface area is 166 Å². The van der Waals surface area contributed by atoms with Crippen LogP contribution in [0.3, 0.4) is 0 Å². The van der Waals surface area contributed by atoms with Crippen LogP contribution in [0.25, 0.3) is 22.3 Å². The first-order valence-corrected chi connectivity index (χ1v) is 9.21. The maximum atomic E-state index is 3.11. The summed E-state index contributed by atoms with van der Waals surface area (Å²) in [5.74, 6) is 12.1. The Morgan fingerprint density at radius 2 is 0.643 bits per heavy atom. The molecule has 0 aromatic heterocycles. The lowest BCUT2D eigenvalue weighted by atomic mass is 10.0. The van der Waals surface area contributed by atoms with Crippen molar-refractivity contribution in [3.63, 3.8) is 0 Å². The van der Waals surface area contributed by atoms with Crippen molar-refractivity contribution in [3.05, 3.63) is 120 Å². The van der Waals surface area contributed by atoms with E-state index in [1.54, 1.807) is 0 Å². The first kappa shape index (κ1) is 17.4. The van der Waals surface area contributed by atoms with E-state index in [2.05, 4.69) is 72.2 Å². The van der Waals surface area contributed by atoms with Crippen LogP contribution in [0.15, 0.2) is 109 Å². The van der Waals surface area contributed by atoms with Gasteiger partial charge in [0.05, 0.1) is 0 Å². The van der Waals surface area contributed by atoms with Gasteiger partial charge in [0.1, 0.15) is 0 Å². The Hall–Kier alpha value is -4.00. The van der Waals surface area contributed by atoms with Gasteiger partial charge in [-0.3, -0.25) is 0 Å². The Kier molecular flexibility index (Phi) is 5.34. The summed E-state index contributed by atoms with van der Waals surface area (Å²) >= 11 is 0. The first-order valence-electron chi connectivity index (χ1n) is 9.21. The molecule has 0 amide bonds. The number of hydrogen-bond donors (Lipinski definition) is 0. The van der Waals surface area contributed by atoms with Gasteiger partial charge in [0.25, 0.3) is 0 Å². The molecule has 4 aromatic carbocycles. The van der Waals surface area contributed by atoms with E-state index in [0.717, 1.165) is 11.1 Å². The molecule has 0 heteroatoms. The Bertz CT molecular complexity index is 1060. The summed E-state index contributed by atoms with van der Waals surface area (Å²) in [5, 5.41) is 0. The van der Waals surface area contributed by atoms with Crippen LogP contribution in [0.2, 0.25) is 0 Å². The SMILES string of the molecule is C(C#Cc1ccc(-c2ccccc2)cc1)#Cc1ccc(-c2ccccc2)cc1. The molecule has 4 aromatic rings. The van der Waals surface area contributed by atoms with Crippen LogP contribution in [0, 0.1) is 23.7 Å². The fourth-order valence-corrected chi connectivity index (χ4v) is 2.96. The molecule has 0 heterocycles. The molecule has 0 aliphatic heterocycles. The summed E-state index contributed by atoms with van der Waals surface area (Å²) in [6.45, 7) is 0. The van der Waals surface area contributed by atoms with Crippen molar-refractivity contribution in [2.75, 3.05) is 0 Å². The summed E-state index contributed by atoms with van der Waals surface area (Å²) in [7, 11) is 0. The molecule has 0 atom stereocenters. The highest BCUT2D eigenvalue weighted by atomic mass is 14.0. The van der Waals surface area contributed by atoms with Crippen molar-refractivity contribution in [2.24, 2.45) is 0 Å². The highest BCUT2D eigenvalue weighted by Gasteiger charge is 1.96. The monoisotopic (exact) mass is 354 g/mol. The van der Waals surface area contributed by atoms with Crippen molar-refractivity contribution in [3.8, 4) is 45.9 Å². The summed E-state index contributed by atoms with van der Waals surface area (Å²) < 4.78 is 0. The number of benzene rings is 4. The Morgan fingerprint density at radius 1 is 0.321 bits per heavy atom. The van der Waals surface area contributed by atoms with Gasteiger partial charge in [-0.25, -0.2) is 0 Å². The van der Waals surface area contributed by atoms with Crippen LogP contribution in [0.4, 0.5) is 0 Å². The number of hydrogen-bond acceptors (Lipinski definition) is 0. The zero-order valence-corrected chi connectivity index (χ0v) is 15.4. The summed E-state index contributed by atoms with van der Waals surface area (Å²) in [4.78, 5) is 0. The Morgan fingerprint density at radius 3 is 1.00 bits per heavy atom. The minimum atomic E-state index is 0.966. The zero-order chi connectivity index (χ0) is 19.0. The molecule has 130 valence electrons. The fourth-order valence-electron chi connectivity index (χ4n) is 2.96. The molecule has 0 bridgehead atoms. The van der Waals surface area contributed by atoms with Crippen LogP contribution in [0.1, 0.15) is 11.1 Å². The lowest BCUT2D eigenvalue weighted by molar-refractivity contribution is 1.59. The van der Waals surface area contributed by atoms with Gasteiger partial charge < -0.3 is 0 Å². The summed E-state index contributed by atoms with van der Waals surface area (Å²) in [6.07, 6.45) is 0. The van der Waals surface area contributed by atoms with Gasteiger partial charge in [-0.15, -0.1) is 0 Å². The highest BCUT2D eigenvalue weighted by Crippen LogP contribution is 2.19. The third-order valence-electron chi connectivity index (χ3n) is 4.46. The van der Waals surface area contributed by atoms with Crippen molar-refractivity contribution in [2.45, 2.75) is 0 Å². The molecule has 0 saturated heterocycles. The van der Waals surface area contributed by atoms with E-state index in [0.29, 0.717) is 0 Å². The highest BCUT2D eigenvalue weighted by molar-refractivity contribution is 5.65. The molecule has 0 N–H and O–H groups in total. The predicted octanol–water partition coefficient (Wildman–Crippen LogP) is 6.42. The topological polar surface area (TPSA) is 0 Å². The standard InChI is InChI=1S/C28H18/c1-3-11-25(12-4-1)27-19-15-23(16-20-27)9-7-8-10-24-17-21-28(22-18-24)26-13-5-2-6-14-26/h1-6,11-22H. The molecule has 28 heavy (non-hydrogen) atoms. The quantitative estimate of drug-likeness (QED) is 0.364. The van der Waals surface area contributed by atoms with Crippen LogP contribution >= 0.6 is 0 Å². The minimum absolute atomic E-state index is 0.966. The largest absolute Gasteiger partial charge is 0.0622 e. The van der Waals surface area contributed by atoms with Crippen LogP contribution < -0.4 is 0 Å². The summed E-state index contributed by atoms with van der Waals surface area (Å²) in [5.41, 5.74) is 6.73. The third-order valence-corrected chi connectivity index (χ3v) is 4.46. The average Bonchev–Trinajstić information content (AvgIpc) is 2.79. The second-order valence-corrected chi connectivity index (χ2v) is 6.39. The van der Waals surface area contributed by atoms with E-state index in [4.69, 9.17) is 0 Å². The van der Waals surface area contributed by atoms with Gasteiger partial charge in [-0.2, -0.15) is 0 Å². The van der Waals surface area contributed by atoms with E-state index in [9.17, 15) is 0 Å². The maximum Gasteiger partial charge on any atom is 0.0255 e. The normalized spacial score (nSPS) is 9.57. The van der Waals surface area contributed by atoms with Crippen LogP contribution in [0.5, 0.6) is 0 Å². The molecule has 4 rings (SSSR count). The van der Waals surface area contributed by atoms with E-state index >= 15 is 0 Å². The lowest BCUT2D eigenvalue weighted by Gasteiger charge is -2.00. The van der Waals surface area contributed by atoms with E-state index in [-0.39, 0.29) is 0 Å². The van der Waals surface area contributed by atoms with Crippen molar-refractivity contribution in [1.82, 2.24) is 0 Å². The minimum Gasteiger partial charge on any atom is -0.0622 e. The second kappa shape index (κ2) is 8.59. The fraction of sp³-hybridized carbons (Fsp3) is 0. The molecule has 0 saturated carbocycles. The van der Waals surface area contributed by atoms with Gasteiger partial charge in [0.2, 0.25) is 0 Å². The van der Waals surface area contributed by atoms with Crippen molar-refractivity contribution >= 4 is 0 Å². The molecule has 0 radical (unpaired) electrons. The molecule has 0 unspecified atom stereocenters. The molecular weight excluding hydrogens is 336 g/mol. The van der Waals surface area contributed by atoms with Gasteiger partial charge in [-0.05, 0) is 58.4 Å². The van der Waals surface area contributed by atoms with Gasteiger partial charge >= 0.3 is 0 Å². The van der Waals surface area contributed by atoms with E-state index in [1.807, 2.05) is 60.7 Å². The van der Waals surface area contributed by atoms with Gasteiger partial charge in [0.15, 0.2) is 0 Å². The third kappa shape index (κ3) is 4.39. The van der Waals surface area contributed by atoms with Crippen molar-refractivity contribution < 1.29 is 0 Å². The molecule has 0 fully saturated rings. The van der Waals surface area contributed by atoms with Crippen LogP contribution in [-0.4, -0.2) is 0 Å². The molecule has 0 aliphatic rings. The lowest BCUT2D eigenvalue weighted by Crippen LogP contribution is -1.79. The van der Waals surface area contributed by atoms with E-state index in [1.165, 1.54) is 22.3 Å².